The lowest BCUT2D eigenvalue weighted by Crippen LogP contribution is -2.09. The summed E-state index contributed by atoms with van der Waals surface area (Å²) in [6.07, 6.45) is 4.06. The van der Waals surface area contributed by atoms with E-state index in [2.05, 4.69) is 17.1 Å². The van der Waals surface area contributed by atoms with Gasteiger partial charge < -0.3 is 10.2 Å². The van der Waals surface area contributed by atoms with E-state index < -0.39 is 0 Å². The predicted octanol–water partition coefficient (Wildman–Crippen LogP) is 2.65. The van der Waals surface area contributed by atoms with E-state index in [0.29, 0.717) is 0 Å². The SMILES string of the molecule is Cc1nc(C2(c3ccc(N)cc3)CC2)co1. The van der Waals surface area contributed by atoms with E-state index in [4.69, 9.17) is 10.2 Å². The summed E-state index contributed by atoms with van der Waals surface area (Å²) < 4.78 is 5.30. The molecule has 1 aliphatic carbocycles. The third-order valence-corrected chi connectivity index (χ3v) is 3.32. The van der Waals surface area contributed by atoms with Gasteiger partial charge in [0.25, 0.3) is 0 Å². The highest BCUT2D eigenvalue weighted by atomic mass is 16.3. The minimum Gasteiger partial charge on any atom is -0.449 e. The molecule has 0 spiro atoms. The van der Waals surface area contributed by atoms with Crippen LogP contribution < -0.4 is 5.73 Å². The fourth-order valence-electron chi connectivity index (χ4n) is 2.20. The van der Waals surface area contributed by atoms with Crippen molar-refractivity contribution in [1.29, 1.82) is 0 Å². The number of nitrogen functional groups attached to an aromatic ring is 1. The molecule has 1 aromatic carbocycles. The Labute approximate surface area is 94.3 Å². The number of benzene rings is 1. The molecule has 16 heavy (non-hydrogen) atoms. The average Bonchev–Trinajstić information content (AvgIpc) is 2.97. The van der Waals surface area contributed by atoms with Crippen LogP contribution in [0.4, 0.5) is 5.69 Å². The van der Waals surface area contributed by atoms with Crippen LogP contribution in [0.15, 0.2) is 34.9 Å². The van der Waals surface area contributed by atoms with Gasteiger partial charge in [-0.05, 0) is 30.5 Å². The number of nitrogens with zero attached hydrogens (tertiary/aromatic N) is 1. The second kappa shape index (κ2) is 3.11. The molecular formula is C13H14N2O. The number of oxazole rings is 1. The normalized spacial score (nSPS) is 17.3. The summed E-state index contributed by atoms with van der Waals surface area (Å²) in [7, 11) is 0. The van der Waals surface area contributed by atoms with Crippen molar-refractivity contribution in [3.8, 4) is 0 Å². The summed E-state index contributed by atoms with van der Waals surface area (Å²) >= 11 is 0. The van der Waals surface area contributed by atoms with Crippen LogP contribution in [-0.4, -0.2) is 4.98 Å². The lowest BCUT2D eigenvalue weighted by Gasteiger charge is -2.12. The zero-order valence-electron chi connectivity index (χ0n) is 9.23. The van der Waals surface area contributed by atoms with Gasteiger partial charge in [-0.2, -0.15) is 0 Å². The molecule has 1 fully saturated rings. The Kier molecular flexibility index (Phi) is 1.84. The minimum absolute atomic E-state index is 0.0887. The molecule has 0 unspecified atom stereocenters. The highest BCUT2D eigenvalue weighted by Gasteiger charge is 2.48. The molecule has 1 heterocycles. The molecule has 0 aliphatic heterocycles. The minimum atomic E-state index is 0.0887. The third-order valence-electron chi connectivity index (χ3n) is 3.32. The van der Waals surface area contributed by atoms with Gasteiger partial charge in [-0.1, -0.05) is 12.1 Å². The lowest BCUT2D eigenvalue weighted by atomic mass is 9.93. The Balaban J connectivity index is 2.03. The second-order valence-corrected chi connectivity index (χ2v) is 4.46. The molecule has 2 N–H and O–H groups in total. The number of nitrogens with two attached hydrogens (primary N) is 1. The van der Waals surface area contributed by atoms with Crippen LogP contribution in [-0.2, 0) is 5.41 Å². The zero-order chi connectivity index (χ0) is 11.2. The van der Waals surface area contributed by atoms with Crippen molar-refractivity contribution in [3.63, 3.8) is 0 Å². The standard InChI is InChI=1S/C13H14N2O/c1-9-15-12(8-16-9)13(6-7-13)10-2-4-11(14)5-3-10/h2-5,8H,6-7,14H2,1H3. The number of anilines is 1. The molecule has 3 rings (SSSR count). The molecule has 3 heteroatoms. The summed E-state index contributed by atoms with van der Waals surface area (Å²) in [6.45, 7) is 1.88. The van der Waals surface area contributed by atoms with Gasteiger partial charge in [0, 0.05) is 18.0 Å². The quantitative estimate of drug-likeness (QED) is 0.782. The number of rotatable bonds is 2. The first-order valence-electron chi connectivity index (χ1n) is 5.49. The van der Waals surface area contributed by atoms with Crippen LogP contribution in [0.5, 0.6) is 0 Å². The molecule has 0 saturated heterocycles. The molecule has 0 atom stereocenters. The molecule has 0 amide bonds. The molecule has 1 saturated carbocycles. The molecule has 0 radical (unpaired) electrons. The Morgan fingerprint density at radius 2 is 1.94 bits per heavy atom. The zero-order valence-corrected chi connectivity index (χ0v) is 9.23. The summed E-state index contributed by atoms with van der Waals surface area (Å²) in [6, 6.07) is 8.07. The van der Waals surface area contributed by atoms with E-state index in [1.807, 2.05) is 19.1 Å². The first-order valence-corrected chi connectivity index (χ1v) is 5.49. The van der Waals surface area contributed by atoms with Crippen molar-refractivity contribution < 1.29 is 4.42 Å². The van der Waals surface area contributed by atoms with Crippen molar-refractivity contribution in [2.45, 2.75) is 25.2 Å². The van der Waals surface area contributed by atoms with Gasteiger partial charge >= 0.3 is 0 Å². The van der Waals surface area contributed by atoms with Gasteiger partial charge in [-0.15, -0.1) is 0 Å². The van der Waals surface area contributed by atoms with Crippen LogP contribution in [0.3, 0.4) is 0 Å². The summed E-state index contributed by atoms with van der Waals surface area (Å²) in [5.41, 5.74) is 8.93. The van der Waals surface area contributed by atoms with E-state index in [9.17, 15) is 0 Å². The Morgan fingerprint density at radius 1 is 1.25 bits per heavy atom. The van der Waals surface area contributed by atoms with Crippen molar-refractivity contribution in [2.75, 3.05) is 5.73 Å². The fraction of sp³-hybridized carbons (Fsp3) is 0.308. The molecule has 2 aromatic rings. The highest BCUT2D eigenvalue weighted by molar-refractivity contribution is 5.47. The van der Waals surface area contributed by atoms with Crippen LogP contribution >= 0.6 is 0 Å². The monoisotopic (exact) mass is 214 g/mol. The average molecular weight is 214 g/mol. The number of aromatic nitrogens is 1. The van der Waals surface area contributed by atoms with Crippen molar-refractivity contribution in [1.82, 2.24) is 4.98 Å². The summed E-state index contributed by atoms with van der Waals surface area (Å²) in [5.74, 6) is 0.733. The smallest absolute Gasteiger partial charge is 0.191 e. The maximum Gasteiger partial charge on any atom is 0.191 e. The Morgan fingerprint density at radius 3 is 2.44 bits per heavy atom. The van der Waals surface area contributed by atoms with Crippen LogP contribution in [0.25, 0.3) is 0 Å². The number of aryl methyl sites for hydroxylation is 1. The van der Waals surface area contributed by atoms with Crippen LogP contribution in [0.1, 0.15) is 30.0 Å². The molecule has 1 aliphatic rings. The Hall–Kier alpha value is -1.77. The topological polar surface area (TPSA) is 52.0 Å². The highest BCUT2D eigenvalue weighted by Crippen LogP contribution is 2.53. The third kappa shape index (κ3) is 1.32. The summed E-state index contributed by atoms with van der Waals surface area (Å²) in [5, 5.41) is 0. The van der Waals surface area contributed by atoms with Gasteiger partial charge in [0.1, 0.15) is 6.26 Å². The van der Waals surface area contributed by atoms with Crippen molar-refractivity contribution in [2.24, 2.45) is 0 Å². The van der Waals surface area contributed by atoms with Crippen LogP contribution in [0.2, 0.25) is 0 Å². The molecule has 1 aromatic heterocycles. The van der Waals surface area contributed by atoms with E-state index >= 15 is 0 Å². The molecule has 82 valence electrons. The van der Waals surface area contributed by atoms with Gasteiger partial charge in [-0.25, -0.2) is 4.98 Å². The summed E-state index contributed by atoms with van der Waals surface area (Å²) in [4.78, 5) is 4.45. The van der Waals surface area contributed by atoms with Gasteiger partial charge in [0.15, 0.2) is 5.89 Å². The van der Waals surface area contributed by atoms with Crippen molar-refractivity contribution >= 4 is 5.69 Å². The maximum atomic E-state index is 5.70. The lowest BCUT2D eigenvalue weighted by molar-refractivity contribution is 0.520. The first kappa shape index (κ1) is 9.46. The largest absolute Gasteiger partial charge is 0.449 e. The van der Waals surface area contributed by atoms with E-state index in [1.165, 1.54) is 5.56 Å². The predicted molar refractivity (Wildman–Crippen MR) is 62.1 cm³/mol. The molecule has 0 bridgehead atoms. The number of hydrogen-bond donors (Lipinski definition) is 1. The number of hydrogen-bond acceptors (Lipinski definition) is 3. The van der Waals surface area contributed by atoms with E-state index in [0.717, 1.165) is 30.1 Å². The Bertz CT molecular complexity index is 509. The van der Waals surface area contributed by atoms with Gasteiger partial charge in [0.2, 0.25) is 0 Å². The van der Waals surface area contributed by atoms with E-state index in [1.54, 1.807) is 6.26 Å². The van der Waals surface area contributed by atoms with Gasteiger partial charge in [0.05, 0.1) is 5.69 Å². The fourth-order valence-corrected chi connectivity index (χ4v) is 2.20. The molecule has 3 nitrogen and oxygen atoms in total. The molecular weight excluding hydrogens is 200 g/mol. The maximum absolute atomic E-state index is 5.70. The van der Waals surface area contributed by atoms with Crippen molar-refractivity contribution in [3.05, 3.63) is 47.7 Å². The second-order valence-electron chi connectivity index (χ2n) is 4.46. The van der Waals surface area contributed by atoms with Crippen LogP contribution in [0, 0.1) is 6.92 Å². The van der Waals surface area contributed by atoms with Gasteiger partial charge in [-0.3, -0.25) is 0 Å². The first-order chi connectivity index (χ1) is 7.71. The van der Waals surface area contributed by atoms with E-state index in [-0.39, 0.29) is 5.41 Å².